The summed E-state index contributed by atoms with van der Waals surface area (Å²) in [4.78, 5) is 45.5. The SMILES string of the molecule is COC(=O)c1cc2cc(OC)c(OC)cc2c(C2=CC=NCC(N3CCC(=O)c4ccccc43)=C2)c1C(=O)OC. The molecule has 0 saturated carbocycles. The standard InChI is InChI=1S/C31H28N2O7/c1-37-26-15-19-14-23(30(35)39-3)29(31(36)40-4)28(22(19)16-27(26)38-2)18-9-11-32-17-20(13-18)33-12-10-25(34)21-7-5-6-8-24(21)33/h5-9,11,13-16H,10,12,17H2,1-4H3. The Morgan fingerprint density at radius 1 is 0.925 bits per heavy atom. The monoisotopic (exact) mass is 540 g/mol. The van der Waals surface area contributed by atoms with Gasteiger partial charge in [-0.3, -0.25) is 9.79 Å². The first kappa shape index (κ1) is 26.7. The Kier molecular flexibility index (Phi) is 7.37. The fourth-order valence-corrected chi connectivity index (χ4v) is 5.20. The lowest BCUT2D eigenvalue weighted by Gasteiger charge is -2.32. The van der Waals surface area contributed by atoms with Gasteiger partial charge in [0.2, 0.25) is 0 Å². The highest BCUT2D eigenvalue weighted by atomic mass is 16.5. The number of ketones is 1. The molecule has 0 atom stereocenters. The second-order valence-electron chi connectivity index (χ2n) is 9.18. The van der Waals surface area contributed by atoms with E-state index in [1.807, 2.05) is 30.3 Å². The Labute approximate surface area is 231 Å². The van der Waals surface area contributed by atoms with Crippen molar-refractivity contribution in [3.8, 4) is 11.5 Å². The molecule has 0 aliphatic carbocycles. The number of esters is 2. The van der Waals surface area contributed by atoms with Gasteiger partial charge >= 0.3 is 11.9 Å². The average Bonchev–Trinajstić information content (AvgIpc) is 3.25. The Bertz CT molecular complexity index is 1630. The topological polar surface area (TPSA) is 104 Å². The zero-order valence-corrected chi connectivity index (χ0v) is 22.6. The van der Waals surface area contributed by atoms with Gasteiger partial charge in [0, 0.05) is 36.0 Å². The van der Waals surface area contributed by atoms with E-state index >= 15 is 0 Å². The van der Waals surface area contributed by atoms with Crippen LogP contribution in [0, 0.1) is 0 Å². The van der Waals surface area contributed by atoms with Crippen LogP contribution < -0.4 is 14.4 Å². The first-order chi connectivity index (χ1) is 19.4. The minimum Gasteiger partial charge on any atom is -0.493 e. The summed E-state index contributed by atoms with van der Waals surface area (Å²) in [7, 11) is 5.57. The number of nitrogens with zero attached hydrogens (tertiary/aromatic N) is 2. The van der Waals surface area contributed by atoms with Crippen LogP contribution in [-0.2, 0) is 9.47 Å². The number of anilines is 1. The van der Waals surface area contributed by atoms with Crippen molar-refractivity contribution in [2.24, 2.45) is 4.99 Å². The van der Waals surface area contributed by atoms with Crippen LogP contribution >= 0.6 is 0 Å². The number of benzene rings is 3. The smallest absolute Gasteiger partial charge is 0.339 e. The van der Waals surface area contributed by atoms with E-state index in [2.05, 4.69) is 9.89 Å². The van der Waals surface area contributed by atoms with E-state index in [0.29, 0.717) is 58.5 Å². The summed E-state index contributed by atoms with van der Waals surface area (Å²) in [6, 6.07) is 12.6. The third-order valence-corrected chi connectivity index (χ3v) is 7.07. The van der Waals surface area contributed by atoms with Gasteiger partial charge in [-0.2, -0.15) is 0 Å². The number of fused-ring (bicyclic) bond motifs is 2. The number of aliphatic imine (C=N–C) groups is 1. The maximum absolute atomic E-state index is 13.3. The van der Waals surface area contributed by atoms with Crippen molar-refractivity contribution >= 4 is 46.0 Å². The molecule has 3 aromatic rings. The number of hydrogen-bond donors (Lipinski definition) is 0. The molecule has 5 rings (SSSR count). The maximum Gasteiger partial charge on any atom is 0.339 e. The highest BCUT2D eigenvalue weighted by Gasteiger charge is 2.29. The average molecular weight is 541 g/mol. The van der Waals surface area contributed by atoms with Gasteiger partial charge in [0.15, 0.2) is 17.3 Å². The Balaban J connectivity index is 1.81. The van der Waals surface area contributed by atoms with Crippen LogP contribution in [0.1, 0.15) is 43.1 Å². The van der Waals surface area contributed by atoms with Crippen molar-refractivity contribution in [1.82, 2.24) is 0 Å². The fraction of sp³-hybridized carbons (Fsp3) is 0.226. The summed E-state index contributed by atoms with van der Waals surface area (Å²) in [5.74, 6) is -0.378. The lowest BCUT2D eigenvalue weighted by Crippen LogP contribution is -2.32. The molecule has 9 nitrogen and oxygen atoms in total. The van der Waals surface area contributed by atoms with Gasteiger partial charge in [-0.15, -0.1) is 0 Å². The highest BCUT2D eigenvalue weighted by molar-refractivity contribution is 6.15. The van der Waals surface area contributed by atoms with E-state index < -0.39 is 11.9 Å². The van der Waals surface area contributed by atoms with Gasteiger partial charge in [0.1, 0.15) is 0 Å². The van der Waals surface area contributed by atoms with Crippen molar-refractivity contribution in [3.63, 3.8) is 0 Å². The van der Waals surface area contributed by atoms with E-state index in [1.165, 1.54) is 28.4 Å². The fourth-order valence-electron chi connectivity index (χ4n) is 5.20. The number of methoxy groups -OCH3 is 4. The van der Waals surface area contributed by atoms with Crippen molar-refractivity contribution < 1.29 is 33.3 Å². The summed E-state index contributed by atoms with van der Waals surface area (Å²) < 4.78 is 21.3. The minimum absolute atomic E-state index is 0.0509. The molecule has 0 spiro atoms. The van der Waals surface area contributed by atoms with Crippen LogP contribution in [0.25, 0.3) is 16.3 Å². The van der Waals surface area contributed by atoms with Crippen LogP contribution in [0.15, 0.2) is 65.3 Å². The summed E-state index contributed by atoms with van der Waals surface area (Å²) >= 11 is 0. The van der Waals surface area contributed by atoms with Gasteiger partial charge in [0.25, 0.3) is 0 Å². The number of carbonyl (C=O) groups is 3. The van der Waals surface area contributed by atoms with Crippen LogP contribution in [0.4, 0.5) is 5.69 Å². The predicted molar refractivity (Wildman–Crippen MR) is 152 cm³/mol. The van der Waals surface area contributed by atoms with Crippen LogP contribution in [0.3, 0.4) is 0 Å². The van der Waals surface area contributed by atoms with Crippen LogP contribution in [0.2, 0.25) is 0 Å². The molecule has 0 N–H and O–H groups in total. The first-order valence-corrected chi connectivity index (χ1v) is 12.6. The molecule has 3 aromatic carbocycles. The quantitative estimate of drug-likeness (QED) is 0.408. The third kappa shape index (κ3) is 4.59. The molecule has 2 heterocycles. The predicted octanol–water partition coefficient (Wildman–Crippen LogP) is 4.87. The molecule has 0 aromatic heterocycles. The van der Waals surface area contributed by atoms with E-state index in [0.717, 1.165) is 11.4 Å². The number of hydrogen-bond acceptors (Lipinski definition) is 9. The lowest BCUT2D eigenvalue weighted by atomic mass is 9.88. The van der Waals surface area contributed by atoms with Crippen LogP contribution in [0.5, 0.6) is 11.5 Å². The maximum atomic E-state index is 13.3. The normalized spacial score (nSPS) is 14.6. The molecule has 0 saturated heterocycles. The van der Waals surface area contributed by atoms with Gasteiger partial charge < -0.3 is 23.8 Å². The number of allylic oxidation sites excluding steroid dienone is 3. The summed E-state index contributed by atoms with van der Waals surface area (Å²) in [5.41, 5.74) is 3.46. The lowest BCUT2D eigenvalue weighted by molar-refractivity contribution is 0.0555. The minimum atomic E-state index is -0.696. The Hall–Kier alpha value is -4.92. The third-order valence-electron chi connectivity index (χ3n) is 7.07. The molecule has 2 aliphatic heterocycles. The molecule has 0 fully saturated rings. The number of ether oxygens (including phenoxy) is 4. The van der Waals surface area contributed by atoms with E-state index in [-0.39, 0.29) is 16.9 Å². The molecular weight excluding hydrogens is 512 g/mol. The van der Waals surface area contributed by atoms with Gasteiger partial charge in [-0.05, 0) is 58.8 Å². The van der Waals surface area contributed by atoms with E-state index in [1.54, 1.807) is 30.5 Å². The molecule has 9 heteroatoms. The number of Topliss-reactive ketones (excluding diaryl/α,β-unsaturated/α-hetero) is 1. The number of para-hydroxylation sites is 1. The molecular formula is C31H28N2O7. The molecule has 0 amide bonds. The van der Waals surface area contributed by atoms with Gasteiger partial charge in [0.05, 0.1) is 51.8 Å². The van der Waals surface area contributed by atoms with E-state index in [9.17, 15) is 14.4 Å². The molecule has 40 heavy (non-hydrogen) atoms. The van der Waals surface area contributed by atoms with Crippen molar-refractivity contribution in [1.29, 1.82) is 0 Å². The molecule has 2 aliphatic rings. The molecule has 0 unspecified atom stereocenters. The zero-order chi connectivity index (χ0) is 28.4. The molecule has 0 radical (unpaired) electrons. The molecule has 204 valence electrons. The number of carbonyl (C=O) groups excluding carboxylic acids is 3. The van der Waals surface area contributed by atoms with E-state index in [4.69, 9.17) is 18.9 Å². The first-order valence-electron chi connectivity index (χ1n) is 12.6. The van der Waals surface area contributed by atoms with Crippen molar-refractivity contribution in [2.75, 3.05) is 46.4 Å². The Morgan fingerprint density at radius 3 is 2.38 bits per heavy atom. The summed E-state index contributed by atoms with van der Waals surface area (Å²) in [6.45, 7) is 0.837. The summed E-state index contributed by atoms with van der Waals surface area (Å²) in [6.07, 6.45) is 5.74. The highest BCUT2D eigenvalue weighted by Crippen LogP contribution is 2.40. The number of rotatable bonds is 6. The van der Waals surface area contributed by atoms with Crippen LogP contribution in [-0.4, -0.2) is 65.5 Å². The zero-order valence-electron chi connectivity index (χ0n) is 22.6. The Morgan fingerprint density at radius 2 is 1.65 bits per heavy atom. The van der Waals surface area contributed by atoms with Crippen molar-refractivity contribution in [2.45, 2.75) is 6.42 Å². The molecule has 0 bridgehead atoms. The van der Waals surface area contributed by atoms with Gasteiger partial charge in [-0.25, -0.2) is 9.59 Å². The van der Waals surface area contributed by atoms with Gasteiger partial charge in [-0.1, -0.05) is 12.1 Å². The second kappa shape index (κ2) is 11.1. The van der Waals surface area contributed by atoms with Crippen molar-refractivity contribution in [3.05, 3.63) is 82.6 Å². The largest absolute Gasteiger partial charge is 0.493 e. The second-order valence-corrected chi connectivity index (χ2v) is 9.18. The summed E-state index contributed by atoms with van der Waals surface area (Å²) in [5, 5.41) is 1.27.